The second-order valence-corrected chi connectivity index (χ2v) is 10.8. The Hall–Kier alpha value is -2.41. The van der Waals surface area contributed by atoms with Crippen LogP contribution in [0.15, 0.2) is 60.1 Å². The number of benzene rings is 2. The Bertz CT molecular complexity index is 1170. The normalized spacial score (nSPS) is 23.6. The number of aromatic nitrogens is 1. The van der Waals surface area contributed by atoms with Gasteiger partial charge in [-0.25, -0.2) is 4.98 Å². The zero-order chi connectivity index (χ0) is 24.5. The molecule has 2 heterocycles. The number of amides is 1. The average molecular weight is 517 g/mol. The number of aliphatic carboxylic acids is 1. The van der Waals surface area contributed by atoms with E-state index in [0.717, 1.165) is 16.1 Å². The Morgan fingerprint density at radius 1 is 1.21 bits per heavy atom. The summed E-state index contributed by atoms with van der Waals surface area (Å²) in [7, 11) is 0. The van der Waals surface area contributed by atoms with Gasteiger partial charge in [-0.15, -0.1) is 11.3 Å². The summed E-state index contributed by atoms with van der Waals surface area (Å²) in [6.07, 6.45) is 2.52. The van der Waals surface area contributed by atoms with Crippen molar-refractivity contribution >= 4 is 46.4 Å². The second kappa shape index (κ2) is 10.1. The van der Waals surface area contributed by atoms with Crippen molar-refractivity contribution < 1.29 is 14.7 Å². The number of thiazole rings is 1. The summed E-state index contributed by atoms with van der Waals surface area (Å²) in [6.45, 7) is 3.79. The van der Waals surface area contributed by atoms with Crippen molar-refractivity contribution in [2.24, 2.45) is 5.41 Å². The molecule has 1 aromatic heterocycles. The molecular formula is C26H26Cl2N2O3S. The number of likely N-dealkylation sites (tertiary alicyclic amines) is 1. The van der Waals surface area contributed by atoms with E-state index in [1.54, 1.807) is 13.1 Å². The van der Waals surface area contributed by atoms with Crippen LogP contribution in [0, 0.1) is 5.41 Å². The van der Waals surface area contributed by atoms with Crippen LogP contribution in [0.2, 0.25) is 10.0 Å². The molecule has 0 bridgehead atoms. The van der Waals surface area contributed by atoms with Gasteiger partial charge in [-0.1, -0.05) is 61.3 Å². The lowest BCUT2D eigenvalue weighted by Gasteiger charge is -2.51. The third-order valence-corrected chi connectivity index (χ3v) is 7.95. The molecule has 0 unspecified atom stereocenters. The van der Waals surface area contributed by atoms with Crippen LogP contribution >= 0.6 is 34.5 Å². The third kappa shape index (κ3) is 4.85. The van der Waals surface area contributed by atoms with E-state index in [2.05, 4.69) is 4.98 Å². The standard InChI is InChI=1S/C26H26Cl2N2O3S/c1-3-21(24-29-11-12-34-24)30-23(16-7-9-18(27)10-8-16)20(17-5-4-6-19(28)13-17)14-26(2,25(30)33)15-22(31)32/h4-13,20-21,23H,3,14-15H2,1-2H3,(H,31,32)/t20-,21+,23-,26+/m1/s1. The maximum Gasteiger partial charge on any atom is 0.304 e. The van der Waals surface area contributed by atoms with Crippen molar-refractivity contribution in [3.05, 3.63) is 86.3 Å². The fourth-order valence-electron chi connectivity index (χ4n) is 5.11. The molecule has 1 N–H and O–H groups in total. The minimum absolute atomic E-state index is 0.170. The number of rotatable bonds is 7. The van der Waals surface area contributed by atoms with Crippen molar-refractivity contribution in [2.45, 2.75) is 51.1 Å². The molecule has 0 aliphatic carbocycles. The van der Waals surface area contributed by atoms with E-state index >= 15 is 0 Å². The molecule has 2 aromatic carbocycles. The Balaban J connectivity index is 1.94. The van der Waals surface area contributed by atoms with Gasteiger partial charge in [-0.3, -0.25) is 9.59 Å². The minimum atomic E-state index is -1.08. The van der Waals surface area contributed by atoms with Gasteiger partial charge in [0.25, 0.3) is 0 Å². The van der Waals surface area contributed by atoms with Crippen LogP contribution < -0.4 is 0 Å². The first-order valence-corrected chi connectivity index (χ1v) is 12.8. The van der Waals surface area contributed by atoms with E-state index in [1.807, 2.05) is 65.7 Å². The molecule has 1 amide bonds. The largest absolute Gasteiger partial charge is 0.481 e. The molecule has 4 rings (SSSR count). The molecule has 1 fully saturated rings. The number of carboxylic acid groups (broad SMARTS) is 1. The Morgan fingerprint density at radius 2 is 1.94 bits per heavy atom. The smallest absolute Gasteiger partial charge is 0.304 e. The predicted molar refractivity (Wildman–Crippen MR) is 135 cm³/mol. The molecule has 3 aromatic rings. The Kier molecular flexibility index (Phi) is 7.31. The lowest BCUT2D eigenvalue weighted by atomic mass is 9.67. The Labute approximate surface area is 213 Å². The van der Waals surface area contributed by atoms with Crippen molar-refractivity contribution in [3.8, 4) is 0 Å². The highest BCUT2D eigenvalue weighted by Crippen LogP contribution is 2.54. The summed E-state index contributed by atoms with van der Waals surface area (Å²) in [5, 5.41) is 13.7. The molecule has 8 heteroatoms. The van der Waals surface area contributed by atoms with Crippen LogP contribution in [0.5, 0.6) is 0 Å². The van der Waals surface area contributed by atoms with Crippen LogP contribution in [-0.4, -0.2) is 26.9 Å². The number of carbonyl (C=O) groups excluding carboxylic acids is 1. The topological polar surface area (TPSA) is 70.5 Å². The number of carbonyl (C=O) groups is 2. The monoisotopic (exact) mass is 516 g/mol. The van der Waals surface area contributed by atoms with E-state index in [9.17, 15) is 14.7 Å². The van der Waals surface area contributed by atoms with E-state index < -0.39 is 11.4 Å². The number of hydrogen-bond donors (Lipinski definition) is 1. The first kappa shape index (κ1) is 24.7. The molecule has 34 heavy (non-hydrogen) atoms. The Morgan fingerprint density at radius 3 is 2.53 bits per heavy atom. The van der Waals surface area contributed by atoms with Crippen LogP contribution in [0.4, 0.5) is 0 Å². The SMILES string of the molecule is CC[C@@H](c1nccs1)N1C(=O)[C@](C)(CC(=O)O)C[C@H](c2cccc(Cl)c2)[C@H]1c1ccc(Cl)cc1. The summed E-state index contributed by atoms with van der Waals surface area (Å²) >= 11 is 14.1. The molecule has 178 valence electrons. The highest BCUT2D eigenvalue weighted by Gasteiger charge is 2.52. The summed E-state index contributed by atoms with van der Waals surface area (Å²) in [5.74, 6) is -1.33. The molecule has 5 nitrogen and oxygen atoms in total. The van der Waals surface area contributed by atoms with Gasteiger partial charge >= 0.3 is 5.97 Å². The van der Waals surface area contributed by atoms with Gasteiger partial charge in [0.2, 0.25) is 5.91 Å². The van der Waals surface area contributed by atoms with E-state index in [4.69, 9.17) is 23.2 Å². The van der Waals surface area contributed by atoms with Gasteiger partial charge in [0.1, 0.15) is 5.01 Å². The quantitative estimate of drug-likeness (QED) is 0.362. The summed E-state index contributed by atoms with van der Waals surface area (Å²) in [6, 6.07) is 14.5. The van der Waals surface area contributed by atoms with Crippen LogP contribution in [-0.2, 0) is 9.59 Å². The molecular weight excluding hydrogens is 491 g/mol. The van der Waals surface area contributed by atoms with Crippen LogP contribution in [0.25, 0.3) is 0 Å². The number of halogens is 2. The van der Waals surface area contributed by atoms with Crippen molar-refractivity contribution in [2.75, 3.05) is 0 Å². The van der Waals surface area contributed by atoms with Gasteiger partial charge < -0.3 is 10.0 Å². The van der Waals surface area contributed by atoms with Gasteiger partial charge in [0.05, 0.1) is 23.9 Å². The van der Waals surface area contributed by atoms with Crippen LogP contribution in [0.3, 0.4) is 0 Å². The lowest BCUT2D eigenvalue weighted by molar-refractivity contribution is -0.160. The van der Waals surface area contributed by atoms with Gasteiger partial charge in [0, 0.05) is 27.5 Å². The first-order valence-electron chi connectivity index (χ1n) is 11.2. The zero-order valence-corrected chi connectivity index (χ0v) is 21.3. The van der Waals surface area contributed by atoms with Crippen molar-refractivity contribution in [1.29, 1.82) is 0 Å². The molecule has 1 saturated heterocycles. The van der Waals surface area contributed by atoms with E-state index in [-0.39, 0.29) is 30.3 Å². The highest BCUT2D eigenvalue weighted by atomic mass is 35.5. The van der Waals surface area contributed by atoms with E-state index in [1.165, 1.54) is 11.3 Å². The van der Waals surface area contributed by atoms with Crippen molar-refractivity contribution in [3.63, 3.8) is 0 Å². The van der Waals surface area contributed by atoms with Crippen molar-refractivity contribution in [1.82, 2.24) is 9.88 Å². The number of nitrogens with zero attached hydrogens (tertiary/aromatic N) is 2. The number of carboxylic acids is 1. The van der Waals surface area contributed by atoms with Crippen LogP contribution in [0.1, 0.15) is 67.2 Å². The fraction of sp³-hybridized carbons (Fsp3) is 0.346. The maximum absolute atomic E-state index is 14.2. The summed E-state index contributed by atoms with van der Waals surface area (Å²) in [4.78, 5) is 32.4. The molecule has 0 radical (unpaired) electrons. The number of hydrogen-bond acceptors (Lipinski definition) is 4. The molecule has 0 spiro atoms. The third-order valence-electron chi connectivity index (χ3n) is 6.59. The summed E-state index contributed by atoms with van der Waals surface area (Å²) in [5.41, 5.74) is 0.831. The predicted octanol–water partition coefficient (Wildman–Crippen LogP) is 7.14. The maximum atomic E-state index is 14.2. The fourth-order valence-corrected chi connectivity index (χ4v) is 6.26. The average Bonchev–Trinajstić information content (AvgIpc) is 3.32. The zero-order valence-electron chi connectivity index (χ0n) is 18.9. The van der Waals surface area contributed by atoms with Gasteiger partial charge in [-0.05, 0) is 48.2 Å². The van der Waals surface area contributed by atoms with Gasteiger partial charge in [0.15, 0.2) is 0 Å². The molecule has 1 aliphatic heterocycles. The summed E-state index contributed by atoms with van der Waals surface area (Å²) < 4.78 is 0. The molecule has 4 atom stereocenters. The molecule has 0 saturated carbocycles. The van der Waals surface area contributed by atoms with E-state index in [0.29, 0.717) is 22.9 Å². The minimum Gasteiger partial charge on any atom is -0.481 e. The lowest BCUT2D eigenvalue weighted by Crippen LogP contribution is -2.53. The first-order chi connectivity index (χ1) is 16.2. The number of piperidine rings is 1. The second-order valence-electron chi connectivity index (χ2n) is 9.00. The van der Waals surface area contributed by atoms with Gasteiger partial charge in [-0.2, -0.15) is 0 Å². The highest BCUT2D eigenvalue weighted by molar-refractivity contribution is 7.09. The molecule has 1 aliphatic rings.